The SMILES string of the molecule is CCN1CC(C(=O)N2CCNCC2)CCC1=O. The molecule has 2 rings (SSSR count). The van der Waals surface area contributed by atoms with E-state index in [1.54, 1.807) is 4.90 Å². The molecule has 2 saturated heterocycles. The summed E-state index contributed by atoms with van der Waals surface area (Å²) in [4.78, 5) is 27.6. The first kappa shape index (κ1) is 12.4. The number of piperidine rings is 1. The van der Waals surface area contributed by atoms with E-state index >= 15 is 0 Å². The molecular formula is C12H21N3O2. The summed E-state index contributed by atoms with van der Waals surface area (Å²) in [5, 5.41) is 3.24. The van der Waals surface area contributed by atoms with E-state index in [1.807, 2.05) is 11.8 Å². The van der Waals surface area contributed by atoms with Gasteiger partial charge in [-0.15, -0.1) is 0 Å². The molecular weight excluding hydrogens is 218 g/mol. The molecule has 0 aromatic rings. The smallest absolute Gasteiger partial charge is 0.227 e. The number of hydrogen-bond acceptors (Lipinski definition) is 3. The maximum absolute atomic E-state index is 12.3. The van der Waals surface area contributed by atoms with E-state index in [4.69, 9.17) is 0 Å². The number of rotatable bonds is 2. The van der Waals surface area contributed by atoms with Crippen molar-refractivity contribution in [2.45, 2.75) is 19.8 Å². The van der Waals surface area contributed by atoms with E-state index in [0.29, 0.717) is 19.5 Å². The summed E-state index contributed by atoms with van der Waals surface area (Å²) in [6, 6.07) is 0. The molecule has 1 atom stereocenters. The van der Waals surface area contributed by atoms with Crippen molar-refractivity contribution in [1.82, 2.24) is 15.1 Å². The van der Waals surface area contributed by atoms with Gasteiger partial charge in [-0.05, 0) is 13.3 Å². The van der Waals surface area contributed by atoms with Crippen LogP contribution in [0.4, 0.5) is 0 Å². The summed E-state index contributed by atoms with van der Waals surface area (Å²) in [7, 11) is 0. The zero-order chi connectivity index (χ0) is 12.3. The number of carbonyl (C=O) groups excluding carboxylic acids is 2. The third kappa shape index (κ3) is 2.77. The van der Waals surface area contributed by atoms with Gasteiger partial charge in [0.25, 0.3) is 0 Å². The fraction of sp³-hybridized carbons (Fsp3) is 0.833. The largest absolute Gasteiger partial charge is 0.342 e. The van der Waals surface area contributed by atoms with Crippen LogP contribution in [-0.4, -0.2) is 60.9 Å². The maximum Gasteiger partial charge on any atom is 0.227 e. The first-order valence-electron chi connectivity index (χ1n) is 6.49. The molecule has 0 saturated carbocycles. The Labute approximate surface area is 102 Å². The molecule has 0 aromatic heterocycles. The fourth-order valence-corrected chi connectivity index (χ4v) is 2.57. The van der Waals surface area contributed by atoms with Gasteiger partial charge in [-0.1, -0.05) is 0 Å². The topological polar surface area (TPSA) is 52.7 Å². The minimum Gasteiger partial charge on any atom is -0.342 e. The average Bonchev–Trinajstić information content (AvgIpc) is 2.39. The quantitative estimate of drug-likeness (QED) is 0.718. The number of hydrogen-bond donors (Lipinski definition) is 1. The van der Waals surface area contributed by atoms with Crippen molar-refractivity contribution in [1.29, 1.82) is 0 Å². The summed E-state index contributed by atoms with van der Waals surface area (Å²) in [6.07, 6.45) is 1.24. The van der Waals surface area contributed by atoms with Crippen LogP contribution in [0.25, 0.3) is 0 Å². The average molecular weight is 239 g/mol. The van der Waals surface area contributed by atoms with Gasteiger partial charge >= 0.3 is 0 Å². The molecule has 1 unspecified atom stereocenters. The predicted molar refractivity (Wildman–Crippen MR) is 64.4 cm³/mol. The molecule has 5 heteroatoms. The molecule has 2 amide bonds. The van der Waals surface area contributed by atoms with Crippen molar-refractivity contribution in [2.24, 2.45) is 5.92 Å². The van der Waals surface area contributed by atoms with Crippen LogP contribution in [-0.2, 0) is 9.59 Å². The van der Waals surface area contributed by atoms with Gasteiger partial charge in [-0.2, -0.15) is 0 Å². The number of carbonyl (C=O) groups is 2. The number of likely N-dealkylation sites (tertiary alicyclic amines) is 1. The lowest BCUT2D eigenvalue weighted by atomic mass is 9.96. The summed E-state index contributed by atoms with van der Waals surface area (Å²) in [6.45, 7) is 6.66. The minimum absolute atomic E-state index is 0.0192. The molecule has 5 nitrogen and oxygen atoms in total. The monoisotopic (exact) mass is 239 g/mol. The Morgan fingerprint density at radius 2 is 2.12 bits per heavy atom. The Bertz CT molecular complexity index is 300. The second kappa shape index (κ2) is 5.49. The van der Waals surface area contributed by atoms with Crippen LogP contribution in [0.2, 0.25) is 0 Å². The Kier molecular flexibility index (Phi) is 3.99. The lowest BCUT2D eigenvalue weighted by Crippen LogP contribution is -2.52. The van der Waals surface area contributed by atoms with Crippen molar-refractivity contribution in [3.8, 4) is 0 Å². The number of amides is 2. The van der Waals surface area contributed by atoms with E-state index in [9.17, 15) is 9.59 Å². The first-order valence-corrected chi connectivity index (χ1v) is 6.49. The Balaban J connectivity index is 1.92. The molecule has 0 bridgehead atoms. The molecule has 0 aromatic carbocycles. The van der Waals surface area contributed by atoms with Crippen molar-refractivity contribution in [3.63, 3.8) is 0 Å². The number of nitrogens with zero attached hydrogens (tertiary/aromatic N) is 2. The Morgan fingerprint density at radius 1 is 1.41 bits per heavy atom. The van der Waals surface area contributed by atoms with E-state index < -0.39 is 0 Å². The normalized spacial score (nSPS) is 26.2. The van der Waals surface area contributed by atoms with Gasteiger partial charge in [-0.25, -0.2) is 0 Å². The molecule has 1 N–H and O–H groups in total. The van der Waals surface area contributed by atoms with Crippen LogP contribution < -0.4 is 5.32 Å². The zero-order valence-electron chi connectivity index (χ0n) is 10.4. The number of nitrogens with one attached hydrogen (secondary N) is 1. The highest BCUT2D eigenvalue weighted by Gasteiger charge is 2.32. The molecule has 2 heterocycles. The standard InChI is InChI=1S/C12H21N3O2/c1-2-14-9-10(3-4-11(14)16)12(17)15-7-5-13-6-8-15/h10,13H,2-9H2,1H3. The summed E-state index contributed by atoms with van der Waals surface area (Å²) in [5.74, 6) is 0.445. The molecule has 0 spiro atoms. The third-order valence-electron chi connectivity index (χ3n) is 3.66. The Hall–Kier alpha value is -1.10. The minimum atomic E-state index is 0.0192. The van der Waals surface area contributed by atoms with Gasteiger partial charge in [0, 0.05) is 45.7 Å². The van der Waals surface area contributed by atoms with E-state index in [-0.39, 0.29) is 17.7 Å². The zero-order valence-corrected chi connectivity index (χ0v) is 10.4. The second-order valence-corrected chi connectivity index (χ2v) is 4.74. The van der Waals surface area contributed by atoms with Gasteiger partial charge in [0.2, 0.25) is 11.8 Å². The summed E-state index contributed by atoms with van der Waals surface area (Å²) >= 11 is 0. The highest BCUT2D eigenvalue weighted by Crippen LogP contribution is 2.19. The lowest BCUT2D eigenvalue weighted by molar-refractivity contribution is -0.143. The Morgan fingerprint density at radius 3 is 2.76 bits per heavy atom. The predicted octanol–water partition coefficient (Wildman–Crippen LogP) is -0.323. The van der Waals surface area contributed by atoms with E-state index in [1.165, 1.54) is 0 Å². The molecule has 2 fully saturated rings. The van der Waals surface area contributed by atoms with Crippen molar-refractivity contribution < 1.29 is 9.59 Å². The van der Waals surface area contributed by atoms with E-state index in [0.717, 1.165) is 32.6 Å². The van der Waals surface area contributed by atoms with Crippen LogP contribution in [0.3, 0.4) is 0 Å². The molecule has 96 valence electrons. The van der Waals surface area contributed by atoms with Crippen LogP contribution in [0.15, 0.2) is 0 Å². The van der Waals surface area contributed by atoms with Crippen LogP contribution >= 0.6 is 0 Å². The fourth-order valence-electron chi connectivity index (χ4n) is 2.57. The molecule has 0 aliphatic carbocycles. The van der Waals surface area contributed by atoms with Gasteiger partial charge in [0.1, 0.15) is 0 Å². The lowest BCUT2D eigenvalue weighted by Gasteiger charge is -2.35. The highest BCUT2D eigenvalue weighted by molar-refractivity contribution is 5.84. The van der Waals surface area contributed by atoms with Crippen LogP contribution in [0, 0.1) is 5.92 Å². The maximum atomic E-state index is 12.3. The van der Waals surface area contributed by atoms with Crippen molar-refractivity contribution >= 4 is 11.8 Å². The highest BCUT2D eigenvalue weighted by atomic mass is 16.2. The van der Waals surface area contributed by atoms with Crippen LogP contribution in [0.5, 0.6) is 0 Å². The van der Waals surface area contributed by atoms with E-state index in [2.05, 4.69) is 5.32 Å². The third-order valence-corrected chi connectivity index (χ3v) is 3.66. The van der Waals surface area contributed by atoms with Crippen LogP contribution in [0.1, 0.15) is 19.8 Å². The van der Waals surface area contributed by atoms with Gasteiger partial charge in [0.15, 0.2) is 0 Å². The second-order valence-electron chi connectivity index (χ2n) is 4.74. The summed E-state index contributed by atoms with van der Waals surface area (Å²) in [5.41, 5.74) is 0. The molecule has 2 aliphatic heterocycles. The molecule has 17 heavy (non-hydrogen) atoms. The van der Waals surface area contributed by atoms with Gasteiger partial charge < -0.3 is 15.1 Å². The first-order chi connectivity index (χ1) is 8.22. The molecule has 2 aliphatic rings. The van der Waals surface area contributed by atoms with Crippen molar-refractivity contribution in [2.75, 3.05) is 39.3 Å². The number of piperazine rings is 1. The van der Waals surface area contributed by atoms with Crippen molar-refractivity contribution in [3.05, 3.63) is 0 Å². The summed E-state index contributed by atoms with van der Waals surface area (Å²) < 4.78 is 0. The molecule has 0 radical (unpaired) electrons. The van der Waals surface area contributed by atoms with Gasteiger partial charge in [0.05, 0.1) is 5.92 Å². The van der Waals surface area contributed by atoms with Gasteiger partial charge in [-0.3, -0.25) is 9.59 Å².